The predicted molar refractivity (Wildman–Crippen MR) is 60.9 cm³/mol. The van der Waals surface area contributed by atoms with E-state index in [1.165, 1.54) is 0 Å². The molecule has 0 aliphatic carbocycles. The molecule has 0 atom stereocenters. The zero-order valence-corrected chi connectivity index (χ0v) is 11.2. The fourth-order valence-corrected chi connectivity index (χ4v) is 3.52. The summed E-state index contributed by atoms with van der Waals surface area (Å²) in [6, 6.07) is 2.20. The smallest absolute Gasteiger partial charge is 0.322 e. The Balaban J connectivity index is 3.25. The van der Waals surface area contributed by atoms with Gasteiger partial charge in [-0.3, -0.25) is 9.13 Å². The van der Waals surface area contributed by atoms with Crippen molar-refractivity contribution < 1.29 is 33.1 Å². The standard InChI is InChI=1S/C7H9ClFNO6P2/c8-6-3-5(1-2-10-6)4-7(9,17(11,12)13)18(14,15)16/h1-3H,4H2,(H2,11,12,13)(H2,14,15,16). The van der Waals surface area contributed by atoms with E-state index in [2.05, 4.69) is 4.98 Å². The second-order valence-electron chi connectivity index (χ2n) is 3.47. The van der Waals surface area contributed by atoms with Crippen LogP contribution in [0.25, 0.3) is 0 Å². The number of nitrogens with zero attached hydrogens (tertiary/aromatic N) is 1. The van der Waals surface area contributed by atoms with Gasteiger partial charge in [-0.05, 0) is 17.7 Å². The first kappa shape index (κ1) is 15.7. The number of alkyl halides is 1. The molecule has 0 spiro atoms. The topological polar surface area (TPSA) is 128 Å². The molecule has 0 aliphatic rings. The van der Waals surface area contributed by atoms with Gasteiger partial charge < -0.3 is 19.6 Å². The maximum absolute atomic E-state index is 14.0. The van der Waals surface area contributed by atoms with Gasteiger partial charge in [0, 0.05) is 12.6 Å². The Bertz CT molecular complexity index is 520. The molecule has 0 aliphatic heterocycles. The highest BCUT2D eigenvalue weighted by atomic mass is 35.5. The van der Waals surface area contributed by atoms with Crippen LogP contribution < -0.4 is 0 Å². The summed E-state index contributed by atoms with van der Waals surface area (Å²) < 4.78 is 36.0. The van der Waals surface area contributed by atoms with E-state index in [-0.39, 0.29) is 10.7 Å². The molecule has 18 heavy (non-hydrogen) atoms. The van der Waals surface area contributed by atoms with Gasteiger partial charge in [-0.1, -0.05) is 11.6 Å². The normalized spacial score (nSPS) is 13.7. The molecule has 0 saturated heterocycles. The molecule has 4 N–H and O–H groups in total. The van der Waals surface area contributed by atoms with Crippen molar-refractivity contribution in [2.75, 3.05) is 0 Å². The second-order valence-corrected chi connectivity index (χ2v) is 7.80. The lowest BCUT2D eigenvalue weighted by molar-refractivity contribution is 0.222. The van der Waals surface area contributed by atoms with Crippen LogP contribution in [0.5, 0.6) is 0 Å². The van der Waals surface area contributed by atoms with Gasteiger partial charge in [-0.25, -0.2) is 9.37 Å². The number of hydrogen-bond donors (Lipinski definition) is 4. The fourth-order valence-electron chi connectivity index (χ4n) is 1.19. The van der Waals surface area contributed by atoms with Crippen LogP contribution in [0.1, 0.15) is 5.56 Å². The maximum Gasteiger partial charge on any atom is 0.375 e. The number of aromatic nitrogens is 1. The lowest BCUT2D eigenvalue weighted by atomic mass is 10.2. The first-order valence-electron chi connectivity index (χ1n) is 4.38. The lowest BCUT2D eigenvalue weighted by Gasteiger charge is -2.26. The van der Waals surface area contributed by atoms with E-state index in [0.717, 1.165) is 18.3 Å². The van der Waals surface area contributed by atoms with Crippen molar-refractivity contribution in [3.63, 3.8) is 0 Å². The molecule has 11 heteroatoms. The molecule has 0 amide bonds. The minimum atomic E-state index is -5.68. The Morgan fingerprint density at radius 3 is 2.17 bits per heavy atom. The molecule has 102 valence electrons. The van der Waals surface area contributed by atoms with Crippen molar-refractivity contribution in [1.29, 1.82) is 0 Å². The predicted octanol–water partition coefficient (Wildman–Crippen LogP) is 1.26. The highest BCUT2D eigenvalue weighted by Crippen LogP contribution is 2.71. The van der Waals surface area contributed by atoms with Crippen molar-refractivity contribution in [3.05, 3.63) is 29.0 Å². The number of pyridine rings is 1. The fraction of sp³-hybridized carbons (Fsp3) is 0.286. The Kier molecular flexibility index (Phi) is 4.35. The van der Waals surface area contributed by atoms with Gasteiger partial charge in [0.2, 0.25) is 0 Å². The molecule has 7 nitrogen and oxygen atoms in total. The lowest BCUT2D eigenvalue weighted by Crippen LogP contribution is -2.26. The maximum atomic E-state index is 14.0. The first-order chi connectivity index (χ1) is 7.97. The van der Waals surface area contributed by atoms with Crippen LogP contribution in [0.15, 0.2) is 18.3 Å². The van der Waals surface area contributed by atoms with Crippen LogP contribution in [0.3, 0.4) is 0 Å². The molecule has 1 heterocycles. The Morgan fingerprint density at radius 2 is 1.78 bits per heavy atom. The summed E-state index contributed by atoms with van der Waals surface area (Å²) >= 11 is 5.48. The molecule has 1 aromatic heterocycles. The molecule has 0 saturated carbocycles. The van der Waals surface area contributed by atoms with Crippen LogP contribution in [0.4, 0.5) is 4.39 Å². The molecule has 0 bridgehead atoms. The van der Waals surface area contributed by atoms with Crippen molar-refractivity contribution in [1.82, 2.24) is 4.98 Å². The summed E-state index contributed by atoms with van der Waals surface area (Å²) in [7, 11) is -11.4. The highest BCUT2D eigenvalue weighted by molar-refractivity contribution is 7.72. The zero-order valence-electron chi connectivity index (χ0n) is 8.64. The summed E-state index contributed by atoms with van der Waals surface area (Å²) in [5.74, 6) is 0. The van der Waals surface area contributed by atoms with Crippen molar-refractivity contribution in [3.8, 4) is 0 Å². The molecular formula is C7H9ClFNO6P2. The quantitative estimate of drug-likeness (QED) is 0.485. The summed E-state index contributed by atoms with van der Waals surface area (Å²) in [6.07, 6.45) is -0.0543. The Hall–Kier alpha value is -0.330. The number of hydrogen-bond acceptors (Lipinski definition) is 3. The van der Waals surface area contributed by atoms with E-state index in [4.69, 9.17) is 31.2 Å². The van der Waals surface area contributed by atoms with Gasteiger partial charge in [-0.2, -0.15) is 0 Å². The third-order valence-electron chi connectivity index (χ3n) is 2.11. The number of halogens is 2. The average molecular weight is 320 g/mol. The van der Waals surface area contributed by atoms with Gasteiger partial charge in [0.15, 0.2) is 0 Å². The van der Waals surface area contributed by atoms with Gasteiger partial charge >= 0.3 is 20.3 Å². The summed E-state index contributed by atoms with van der Waals surface area (Å²) in [4.78, 5) is 38.7. The number of rotatable bonds is 4. The van der Waals surface area contributed by atoms with Crippen molar-refractivity contribution in [2.24, 2.45) is 0 Å². The van der Waals surface area contributed by atoms with Crippen molar-refractivity contribution >= 4 is 26.8 Å². The zero-order chi connectivity index (χ0) is 14.2. The van der Waals surface area contributed by atoms with E-state index in [9.17, 15) is 13.5 Å². The van der Waals surface area contributed by atoms with E-state index in [0.29, 0.717) is 0 Å². The summed E-state index contributed by atoms with van der Waals surface area (Å²) in [5, 5.41) is -4.07. The monoisotopic (exact) mass is 319 g/mol. The van der Waals surface area contributed by atoms with Gasteiger partial charge in [0.25, 0.3) is 0 Å². The summed E-state index contributed by atoms with van der Waals surface area (Å²) in [6.45, 7) is 0. The molecular weight excluding hydrogens is 310 g/mol. The van der Waals surface area contributed by atoms with Crippen LogP contribution in [0, 0.1) is 0 Å². The minimum absolute atomic E-state index is 0.0914. The third-order valence-corrected chi connectivity index (χ3v) is 5.98. The highest BCUT2D eigenvalue weighted by Gasteiger charge is 2.61. The largest absolute Gasteiger partial charge is 0.375 e. The van der Waals surface area contributed by atoms with Gasteiger partial charge in [0.1, 0.15) is 5.15 Å². The molecule has 1 aromatic rings. The second kappa shape index (κ2) is 4.98. The van der Waals surface area contributed by atoms with E-state index in [1.807, 2.05) is 0 Å². The van der Waals surface area contributed by atoms with Crippen LogP contribution >= 0.6 is 26.8 Å². The third kappa shape index (κ3) is 3.16. The van der Waals surface area contributed by atoms with E-state index in [1.54, 1.807) is 0 Å². The molecule has 0 fully saturated rings. The Labute approximate surface area is 106 Å². The van der Waals surface area contributed by atoms with Crippen LogP contribution in [-0.4, -0.2) is 29.7 Å². The van der Waals surface area contributed by atoms with Crippen LogP contribution in [-0.2, 0) is 15.6 Å². The van der Waals surface area contributed by atoms with E-state index < -0.39 is 26.8 Å². The summed E-state index contributed by atoms with van der Waals surface area (Å²) in [5.41, 5.74) is -0.0934. The molecule has 0 aromatic carbocycles. The minimum Gasteiger partial charge on any atom is -0.322 e. The van der Waals surface area contributed by atoms with Gasteiger partial charge in [0.05, 0.1) is 0 Å². The van der Waals surface area contributed by atoms with Gasteiger partial charge in [-0.15, -0.1) is 0 Å². The average Bonchev–Trinajstić information content (AvgIpc) is 2.13. The Morgan fingerprint density at radius 1 is 1.28 bits per heavy atom. The molecule has 0 radical (unpaired) electrons. The van der Waals surface area contributed by atoms with E-state index >= 15 is 0 Å². The molecule has 0 unspecified atom stereocenters. The SMILES string of the molecule is O=P(O)(O)C(F)(Cc1ccnc(Cl)c1)P(=O)(O)O. The first-order valence-corrected chi connectivity index (χ1v) is 7.98. The van der Waals surface area contributed by atoms with Crippen molar-refractivity contribution in [2.45, 2.75) is 11.6 Å². The molecule has 1 rings (SSSR count). The van der Waals surface area contributed by atoms with Crippen LogP contribution in [0.2, 0.25) is 5.15 Å².